The summed E-state index contributed by atoms with van der Waals surface area (Å²) in [5, 5.41) is 4.30. The van der Waals surface area contributed by atoms with Crippen LogP contribution in [0.15, 0.2) is 0 Å². The number of rotatable bonds is 0. The van der Waals surface area contributed by atoms with Gasteiger partial charge in [-0.1, -0.05) is 0 Å². The molecule has 2 radical (unpaired) electrons. The molecule has 1 heterocycles. The summed E-state index contributed by atoms with van der Waals surface area (Å²) >= 11 is 0. The molecule has 0 aromatic carbocycles. The van der Waals surface area contributed by atoms with Crippen molar-refractivity contribution in [2.24, 2.45) is 0 Å². The van der Waals surface area contributed by atoms with E-state index >= 15 is 0 Å². The maximum absolute atomic E-state index is 10.1. The molecule has 0 bridgehead atoms. The zero-order chi connectivity index (χ0) is 5.28. The number of hydrogen-bond acceptors (Lipinski definition) is 2. The highest BCUT2D eigenvalue weighted by Gasteiger charge is 2.14. The van der Waals surface area contributed by atoms with E-state index in [1.807, 2.05) is 5.32 Å². The largest absolute Gasteiger partial charge is 0.329 e. The lowest BCUT2D eigenvalue weighted by molar-refractivity contribution is -0.117. The van der Waals surface area contributed by atoms with Crippen LogP contribution in [-0.4, -0.2) is 18.5 Å². The van der Waals surface area contributed by atoms with Crippen molar-refractivity contribution in [3.8, 4) is 0 Å². The summed E-state index contributed by atoms with van der Waals surface area (Å²) in [7, 11) is 0. The molecule has 2 N–H and O–H groups in total. The Labute approximate surface area is 53.1 Å². The van der Waals surface area contributed by atoms with Crippen LogP contribution in [0.4, 0.5) is 4.79 Å². The van der Waals surface area contributed by atoms with Gasteiger partial charge in [0.1, 0.15) is 0 Å². The minimum Gasteiger partial charge on any atom is -0.329 e. The SMILES string of the molecule is O=C1CNC(=O)N1.[S]. The Balaban J connectivity index is 0.000000490. The molecule has 1 rings (SSSR count). The molecule has 0 aromatic heterocycles. The Morgan fingerprint density at radius 1 is 1.38 bits per heavy atom. The smallest absolute Gasteiger partial charge is 0.321 e. The fraction of sp³-hybridized carbons (Fsp3) is 0.333. The first-order chi connectivity index (χ1) is 3.29. The lowest BCUT2D eigenvalue weighted by atomic mass is 10.7. The highest BCUT2D eigenvalue weighted by Crippen LogP contribution is 1.73. The summed E-state index contributed by atoms with van der Waals surface area (Å²) in [4.78, 5) is 20.1. The van der Waals surface area contributed by atoms with E-state index in [2.05, 4.69) is 5.32 Å². The number of carbonyl (C=O) groups excluding carboxylic acids is 2. The van der Waals surface area contributed by atoms with Crippen LogP contribution < -0.4 is 10.6 Å². The second kappa shape index (κ2) is 2.56. The lowest BCUT2D eigenvalue weighted by Gasteiger charge is -1.78. The van der Waals surface area contributed by atoms with Gasteiger partial charge in [0.25, 0.3) is 0 Å². The summed E-state index contributed by atoms with van der Waals surface area (Å²) in [5.74, 6) is -0.259. The number of urea groups is 1. The van der Waals surface area contributed by atoms with Gasteiger partial charge in [0.2, 0.25) is 5.91 Å². The molecule has 8 heavy (non-hydrogen) atoms. The highest BCUT2D eigenvalue weighted by atomic mass is 32.1. The molecule has 5 heteroatoms. The quantitative estimate of drug-likeness (QED) is 0.435. The van der Waals surface area contributed by atoms with Crippen molar-refractivity contribution in [1.82, 2.24) is 10.6 Å². The molecule has 3 amide bonds. The van der Waals surface area contributed by atoms with Gasteiger partial charge in [-0.15, -0.1) is 0 Å². The molecule has 0 saturated carbocycles. The number of nitrogens with one attached hydrogen (secondary N) is 2. The minimum absolute atomic E-state index is 0. The van der Waals surface area contributed by atoms with E-state index in [4.69, 9.17) is 0 Å². The van der Waals surface area contributed by atoms with Crippen LogP contribution in [0.25, 0.3) is 0 Å². The van der Waals surface area contributed by atoms with Gasteiger partial charge in [0, 0.05) is 13.5 Å². The maximum atomic E-state index is 10.1. The fourth-order valence-corrected chi connectivity index (χ4v) is 0.376. The predicted octanol–water partition coefficient (Wildman–Crippen LogP) is -0.526. The zero-order valence-electron chi connectivity index (χ0n) is 3.93. The van der Waals surface area contributed by atoms with E-state index < -0.39 is 6.03 Å². The van der Waals surface area contributed by atoms with Crippen LogP contribution >= 0.6 is 13.5 Å². The van der Waals surface area contributed by atoms with Crippen molar-refractivity contribution in [2.75, 3.05) is 6.54 Å². The summed E-state index contributed by atoms with van der Waals surface area (Å²) in [6, 6.07) is -0.398. The minimum atomic E-state index is -0.398. The van der Waals surface area contributed by atoms with E-state index in [0.29, 0.717) is 0 Å². The third kappa shape index (κ3) is 1.42. The zero-order valence-corrected chi connectivity index (χ0v) is 4.75. The first-order valence-corrected chi connectivity index (χ1v) is 1.87. The van der Waals surface area contributed by atoms with Gasteiger partial charge >= 0.3 is 6.03 Å². The van der Waals surface area contributed by atoms with Crippen molar-refractivity contribution >= 4 is 25.4 Å². The Morgan fingerprint density at radius 3 is 2.12 bits per heavy atom. The van der Waals surface area contributed by atoms with Gasteiger partial charge in [0.05, 0.1) is 6.54 Å². The van der Waals surface area contributed by atoms with E-state index in [9.17, 15) is 9.59 Å². The van der Waals surface area contributed by atoms with Crippen LogP contribution in [-0.2, 0) is 4.79 Å². The van der Waals surface area contributed by atoms with Gasteiger partial charge < -0.3 is 5.32 Å². The Morgan fingerprint density at radius 2 is 2.00 bits per heavy atom. The standard InChI is InChI=1S/C3H4N2O2.S/c6-2-1-4-3(7)5-2;/h1H2,(H2,4,5,6,7);. The third-order valence-electron chi connectivity index (χ3n) is 0.662. The normalized spacial score (nSPS) is 16.5. The summed E-state index contributed by atoms with van der Waals surface area (Å²) < 4.78 is 0. The molecule has 0 spiro atoms. The van der Waals surface area contributed by atoms with Crippen molar-refractivity contribution in [1.29, 1.82) is 0 Å². The first-order valence-electron chi connectivity index (χ1n) is 1.87. The second-order valence-corrected chi connectivity index (χ2v) is 1.23. The number of imide groups is 1. The third-order valence-corrected chi connectivity index (χ3v) is 0.662. The Bertz CT molecular complexity index is 110. The number of hydrogen-bond donors (Lipinski definition) is 2. The highest BCUT2D eigenvalue weighted by molar-refractivity contribution is 7.59. The molecular formula is C3H4N2O2S. The van der Waals surface area contributed by atoms with Crippen LogP contribution in [0.2, 0.25) is 0 Å². The molecule has 0 aliphatic carbocycles. The van der Waals surface area contributed by atoms with Gasteiger partial charge in [-0.05, 0) is 0 Å². The molecule has 1 fully saturated rings. The Hall–Kier alpha value is -0.710. The summed E-state index contributed by atoms with van der Waals surface area (Å²) in [5.41, 5.74) is 0. The molecule has 0 atom stereocenters. The Kier molecular flexibility index (Phi) is 2.33. The van der Waals surface area contributed by atoms with Crippen LogP contribution in [0, 0.1) is 0 Å². The molecule has 1 aliphatic heterocycles. The van der Waals surface area contributed by atoms with Crippen LogP contribution in [0.1, 0.15) is 0 Å². The first kappa shape index (κ1) is 7.29. The molecule has 1 saturated heterocycles. The predicted molar refractivity (Wildman–Crippen MR) is 29.1 cm³/mol. The molecule has 4 nitrogen and oxygen atoms in total. The van der Waals surface area contributed by atoms with Gasteiger partial charge in [-0.3, -0.25) is 10.1 Å². The molecule has 44 valence electrons. The van der Waals surface area contributed by atoms with Crippen molar-refractivity contribution in [3.63, 3.8) is 0 Å². The average molecular weight is 132 g/mol. The van der Waals surface area contributed by atoms with E-state index in [1.165, 1.54) is 0 Å². The molecule has 0 aromatic rings. The van der Waals surface area contributed by atoms with Crippen molar-refractivity contribution in [3.05, 3.63) is 0 Å². The number of amides is 3. The van der Waals surface area contributed by atoms with Gasteiger partial charge in [0.15, 0.2) is 0 Å². The van der Waals surface area contributed by atoms with E-state index in [0.717, 1.165) is 0 Å². The van der Waals surface area contributed by atoms with Crippen LogP contribution in [0.3, 0.4) is 0 Å². The van der Waals surface area contributed by atoms with Crippen molar-refractivity contribution in [2.45, 2.75) is 0 Å². The van der Waals surface area contributed by atoms with Crippen molar-refractivity contribution < 1.29 is 9.59 Å². The molecular weight excluding hydrogens is 128 g/mol. The summed E-state index contributed by atoms with van der Waals surface area (Å²) in [6.07, 6.45) is 0. The van der Waals surface area contributed by atoms with Gasteiger partial charge in [-0.25, -0.2) is 4.79 Å². The fourth-order valence-electron chi connectivity index (χ4n) is 0.376. The van der Waals surface area contributed by atoms with E-state index in [1.54, 1.807) is 0 Å². The van der Waals surface area contributed by atoms with Gasteiger partial charge in [-0.2, -0.15) is 0 Å². The van der Waals surface area contributed by atoms with Crippen LogP contribution in [0.5, 0.6) is 0 Å². The monoisotopic (exact) mass is 132 g/mol. The van der Waals surface area contributed by atoms with E-state index in [-0.39, 0.29) is 25.9 Å². The average Bonchev–Trinajstić information content (AvgIpc) is 1.87. The molecule has 1 aliphatic rings. The summed E-state index contributed by atoms with van der Waals surface area (Å²) in [6.45, 7) is 0.124. The lowest BCUT2D eigenvalue weighted by Crippen LogP contribution is -2.22. The maximum Gasteiger partial charge on any atom is 0.321 e. The number of carbonyl (C=O) groups is 2. The second-order valence-electron chi connectivity index (χ2n) is 1.23. The molecule has 0 unspecified atom stereocenters. The topological polar surface area (TPSA) is 58.2 Å².